The Morgan fingerprint density at radius 2 is 0.780 bits per heavy atom. The van der Waals surface area contributed by atoms with Crippen molar-refractivity contribution in [2.24, 2.45) is 0 Å². The smallest absolute Gasteiger partial charge is 0.160 e. The van der Waals surface area contributed by atoms with Crippen LogP contribution >= 0.6 is 0 Å². The van der Waals surface area contributed by atoms with Gasteiger partial charge >= 0.3 is 0 Å². The van der Waals surface area contributed by atoms with Crippen LogP contribution in [0.2, 0.25) is 0 Å². The maximum absolute atomic E-state index is 6.23. The van der Waals surface area contributed by atoms with Crippen LogP contribution in [0.4, 0.5) is 0 Å². The van der Waals surface area contributed by atoms with Crippen LogP contribution in [0, 0.1) is 0 Å². The molecule has 0 saturated carbocycles. The van der Waals surface area contributed by atoms with Gasteiger partial charge < -0.3 is 4.42 Å². The number of rotatable bonds is 7. The van der Waals surface area contributed by atoms with Gasteiger partial charge in [-0.05, 0) is 104 Å². The van der Waals surface area contributed by atoms with E-state index in [0.717, 1.165) is 83.4 Å². The number of benzene rings is 9. The van der Waals surface area contributed by atoms with Crippen molar-refractivity contribution in [3.05, 3.63) is 218 Å². The molecule has 0 unspecified atom stereocenters. The minimum Gasteiger partial charge on any atom is -0.456 e. The molecule has 0 aliphatic heterocycles. The molecule has 3 nitrogen and oxygen atoms in total. The summed E-state index contributed by atoms with van der Waals surface area (Å²) < 4.78 is 6.23. The fraction of sp³-hybridized carbons (Fsp3) is 0. The molecule has 0 N–H and O–H groups in total. The molecular weight excluding hydrogens is 717 g/mol. The van der Waals surface area contributed by atoms with Crippen molar-refractivity contribution >= 4 is 32.7 Å². The highest BCUT2D eigenvalue weighted by Crippen LogP contribution is 2.39. The molecule has 0 bridgehead atoms. The molecule has 0 fully saturated rings. The van der Waals surface area contributed by atoms with Crippen LogP contribution in [0.1, 0.15) is 0 Å². The van der Waals surface area contributed by atoms with Crippen LogP contribution in [-0.2, 0) is 0 Å². The van der Waals surface area contributed by atoms with Gasteiger partial charge in [0.15, 0.2) is 5.82 Å². The molecule has 0 radical (unpaired) electrons. The zero-order valence-electron chi connectivity index (χ0n) is 32.1. The van der Waals surface area contributed by atoms with Crippen LogP contribution in [0.25, 0.3) is 111 Å². The minimum absolute atomic E-state index is 0.681. The molecule has 59 heavy (non-hydrogen) atoms. The predicted molar refractivity (Wildman–Crippen MR) is 245 cm³/mol. The minimum atomic E-state index is 0.681. The summed E-state index contributed by atoms with van der Waals surface area (Å²) >= 11 is 0. The van der Waals surface area contributed by atoms with E-state index in [9.17, 15) is 0 Å². The van der Waals surface area contributed by atoms with Crippen molar-refractivity contribution in [1.29, 1.82) is 0 Å². The fourth-order valence-electron chi connectivity index (χ4n) is 8.28. The number of hydrogen-bond donors (Lipinski definition) is 0. The summed E-state index contributed by atoms with van der Waals surface area (Å²) in [5.41, 5.74) is 15.6. The van der Waals surface area contributed by atoms with Crippen LogP contribution in [-0.4, -0.2) is 9.97 Å². The SMILES string of the molecule is c1ccc(-c2cccc(-c3cc(-c4cc(-c5ccc(-c6cccc7ccccc67)cc5)cc(-c5ccc6oc7ccccc7c6c5)c4)nc(-c4ccccc4)n3)c2)cc1. The highest BCUT2D eigenvalue weighted by Gasteiger charge is 2.16. The Morgan fingerprint density at radius 1 is 0.271 bits per heavy atom. The summed E-state index contributed by atoms with van der Waals surface area (Å²) in [6.07, 6.45) is 0. The monoisotopic (exact) mass is 752 g/mol. The molecule has 9 aromatic carbocycles. The topological polar surface area (TPSA) is 38.9 Å². The number of nitrogens with zero attached hydrogens (tertiary/aromatic N) is 2. The molecule has 11 aromatic rings. The van der Waals surface area contributed by atoms with Crippen molar-refractivity contribution in [3.63, 3.8) is 0 Å². The van der Waals surface area contributed by atoms with E-state index in [-0.39, 0.29) is 0 Å². The van der Waals surface area contributed by atoms with Gasteiger partial charge in [-0.15, -0.1) is 0 Å². The molecule has 0 amide bonds. The number of furan rings is 1. The summed E-state index contributed by atoms with van der Waals surface area (Å²) in [6.45, 7) is 0. The van der Waals surface area contributed by atoms with E-state index in [2.05, 4.69) is 182 Å². The van der Waals surface area contributed by atoms with Gasteiger partial charge in [0, 0.05) is 27.5 Å². The first-order chi connectivity index (χ1) is 29.2. The van der Waals surface area contributed by atoms with Gasteiger partial charge in [-0.2, -0.15) is 0 Å². The lowest BCUT2D eigenvalue weighted by molar-refractivity contribution is 0.669. The second kappa shape index (κ2) is 14.6. The average Bonchev–Trinajstić information content (AvgIpc) is 3.70. The van der Waals surface area contributed by atoms with E-state index in [1.54, 1.807) is 0 Å². The van der Waals surface area contributed by atoms with Gasteiger partial charge in [-0.25, -0.2) is 9.97 Å². The lowest BCUT2D eigenvalue weighted by atomic mass is 9.92. The zero-order chi connectivity index (χ0) is 39.1. The Kier molecular flexibility index (Phi) is 8.49. The predicted octanol–water partition coefficient (Wildman–Crippen LogP) is 15.2. The fourth-order valence-corrected chi connectivity index (χ4v) is 8.28. The molecule has 0 saturated heterocycles. The van der Waals surface area contributed by atoms with Crippen LogP contribution in [0.15, 0.2) is 223 Å². The van der Waals surface area contributed by atoms with E-state index in [4.69, 9.17) is 14.4 Å². The van der Waals surface area contributed by atoms with Crippen LogP contribution in [0.3, 0.4) is 0 Å². The van der Waals surface area contributed by atoms with Gasteiger partial charge in [-0.1, -0.05) is 170 Å². The summed E-state index contributed by atoms with van der Waals surface area (Å²) in [5.74, 6) is 0.681. The highest BCUT2D eigenvalue weighted by molar-refractivity contribution is 6.06. The Balaban J connectivity index is 1.09. The zero-order valence-corrected chi connectivity index (χ0v) is 32.1. The molecule has 0 spiro atoms. The standard InChI is InChI=1S/C56H36N2O/c1-3-13-37(14-4-1)42-19-11-20-44(31-42)52-36-53(58-56(57-52)41-16-5-2-6-17-41)47-33-45(38-25-27-40(28-26-38)49-23-12-18-39-15-7-8-21-48(39)49)32-46(34-47)43-29-30-55-51(35-43)50-22-9-10-24-54(50)59-55/h1-36H. The summed E-state index contributed by atoms with van der Waals surface area (Å²) in [6, 6.07) is 77.1. The van der Waals surface area contributed by atoms with E-state index in [1.807, 2.05) is 36.4 Å². The third-order valence-corrected chi connectivity index (χ3v) is 11.3. The molecule has 2 heterocycles. The Labute approximate surface area is 342 Å². The van der Waals surface area contributed by atoms with E-state index in [1.165, 1.54) is 21.9 Å². The average molecular weight is 753 g/mol. The molecule has 11 rings (SSSR count). The first-order valence-corrected chi connectivity index (χ1v) is 20.0. The number of hydrogen-bond acceptors (Lipinski definition) is 3. The Bertz CT molecular complexity index is 3310. The normalized spacial score (nSPS) is 11.4. The largest absolute Gasteiger partial charge is 0.456 e. The van der Waals surface area contributed by atoms with Crippen molar-refractivity contribution in [1.82, 2.24) is 9.97 Å². The molecule has 0 aliphatic rings. The van der Waals surface area contributed by atoms with Crippen molar-refractivity contribution in [2.75, 3.05) is 0 Å². The van der Waals surface area contributed by atoms with E-state index < -0.39 is 0 Å². The molecule has 276 valence electrons. The van der Waals surface area contributed by atoms with Crippen LogP contribution in [0.5, 0.6) is 0 Å². The van der Waals surface area contributed by atoms with Gasteiger partial charge in [-0.3, -0.25) is 0 Å². The first kappa shape index (κ1) is 34.4. The lowest BCUT2D eigenvalue weighted by Crippen LogP contribution is -1.97. The van der Waals surface area contributed by atoms with Gasteiger partial charge in [0.25, 0.3) is 0 Å². The van der Waals surface area contributed by atoms with E-state index in [0.29, 0.717) is 5.82 Å². The number of para-hydroxylation sites is 1. The summed E-state index contributed by atoms with van der Waals surface area (Å²) in [5, 5.41) is 4.69. The lowest BCUT2D eigenvalue weighted by Gasteiger charge is -2.14. The third-order valence-electron chi connectivity index (χ3n) is 11.3. The summed E-state index contributed by atoms with van der Waals surface area (Å²) in [7, 11) is 0. The third kappa shape index (κ3) is 6.55. The second-order valence-electron chi connectivity index (χ2n) is 15.0. The quantitative estimate of drug-likeness (QED) is 0.163. The van der Waals surface area contributed by atoms with Gasteiger partial charge in [0.2, 0.25) is 0 Å². The Morgan fingerprint density at radius 3 is 1.59 bits per heavy atom. The molecule has 0 atom stereocenters. The second-order valence-corrected chi connectivity index (χ2v) is 15.0. The maximum Gasteiger partial charge on any atom is 0.160 e. The number of fused-ring (bicyclic) bond motifs is 4. The highest BCUT2D eigenvalue weighted by atomic mass is 16.3. The van der Waals surface area contributed by atoms with Crippen molar-refractivity contribution in [2.45, 2.75) is 0 Å². The van der Waals surface area contributed by atoms with E-state index >= 15 is 0 Å². The maximum atomic E-state index is 6.23. The molecular formula is C56H36N2O. The van der Waals surface area contributed by atoms with Gasteiger partial charge in [0.1, 0.15) is 11.2 Å². The van der Waals surface area contributed by atoms with Crippen molar-refractivity contribution < 1.29 is 4.42 Å². The molecule has 0 aliphatic carbocycles. The summed E-state index contributed by atoms with van der Waals surface area (Å²) in [4.78, 5) is 10.5. The van der Waals surface area contributed by atoms with Gasteiger partial charge in [0.05, 0.1) is 11.4 Å². The van der Waals surface area contributed by atoms with Crippen LogP contribution < -0.4 is 0 Å². The number of aromatic nitrogens is 2. The first-order valence-electron chi connectivity index (χ1n) is 20.0. The van der Waals surface area contributed by atoms with Crippen molar-refractivity contribution in [3.8, 4) is 78.4 Å². The Hall–Kier alpha value is -7.88. The molecule has 3 heteroatoms. The molecule has 2 aromatic heterocycles.